The molecule has 2 rings (SSSR count). The molecule has 3 nitrogen and oxygen atoms in total. The molecule has 1 aromatic heterocycles. The summed E-state index contributed by atoms with van der Waals surface area (Å²) in [5.74, 6) is 0.840. The second-order valence-corrected chi connectivity index (χ2v) is 6.22. The molecule has 0 radical (unpaired) electrons. The van der Waals surface area contributed by atoms with Crippen LogP contribution in [0.2, 0.25) is 5.02 Å². The van der Waals surface area contributed by atoms with E-state index in [1.807, 2.05) is 24.3 Å². The molecule has 0 aliphatic rings. The molecule has 0 amide bonds. The van der Waals surface area contributed by atoms with Gasteiger partial charge in [0.25, 0.3) is 0 Å². The minimum atomic E-state index is 0.765. The Balaban J connectivity index is 1.86. The number of hydrogen-bond acceptors (Lipinski definition) is 5. The predicted molar refractivity (Wildman–Crippen MR) is 79.7 cm³/mol. The standard InChI is InChI=1S/C12H14ClN3S2/c1-2-7-14-12-16-15-11(18-12)8-17-10-5-3-9(13)4-6-10/h3-6H,2,7-8H2,1H3,(H,14,16). The quantitative estimate of drug-likeness (QED) is 0.807. The second kappa shape index (κ2) is 6.97. The zero-order valence-corrected chi connectivity index (χ0v) is 12.4. The molecule has 0 aliphatic carbocycles. The predicted octanol–water partition coefficient (Wildman–Crippen LogP) is 4.31. The highest BCUT2D eigenvalue weighted by Gasteiger charge is 2.04. The lowest BCUT2D eigenvalue weighted by atomic mass is 10.4. The molecular weight excluding hydrogens is 286 g/mol. The van der Waals surface area contributed by atoms with Gasteiger partial charge in [0.15, 0.2) is 0 Å². The van der Waals surface area contributed by atoms with Gasteiger partial charge in [-0.15, -0.1) is 22.0 Å². The summed E-state index contributed by atoms with van der Waals surface area (Å²) in [6.07, 6.45) is 1.09. The van der Waals surface area contributed by atoms with Crippen molar-refractivity contribution in [1.82, 2.24) is 10.2 Å². The molecule has 0 fully saturated rings. The summed E-state index contributed by atoms with van der Waals surface area (Å²) in [6, 6.07) is 7.84. The summed E-state index contributed by atoms with van der Waals surface area (Å²) in [5.41, 5.74) is 0. The molecule has 18 heavy (non-hydrogen) atoms. The van der Waals surface area contributed by atoms with E-state index >= 15 is 0 Å². The Morgan fingerprint density at radius 1 is 1.28 bits per heavy atom. The number of nitrogens with zero attached hydrogens (tertiary/aromatic N) is 2. The number of anilines is 1. The number of halogens is 1. The normalized spacial score (nSPS) is 10.6. The van der Waals surface area contributed by atoms with Crippen molar-refractivity contribution >= 4 is 39.8 Å². The van der Waals surface area contributed by atoms with Gasteiger partial charge in [-0.1, -0.05) is 29.9 Å². The summed E-state index contributed by atoms with van der Waals surface area (Å²) in [6.45, 7) is 3.07. The molecule has 0 saturated carbocycles. The fourth-order valence-electron chi connectivity index (χ4n) is 1.29. The first-order chi connectivity index (χ1) is 8.78. The van der Waals surface area contributed by atoms with Crippen LogP contribution in [0.5, 0.6) is 0 Å². The topological polar surface area (TPSA) is 37.8 Å². The number of aromatic nitrogens is 2. The Morgan fingerprint density at radius 2 is 2.06 bits per heavy atom. The largest absolute Gasteiger partial charge is 0.360 e. The first kappa shape index (κ1) is 13.6. The molecule has 0 atom stereocenters. The molecule has 0 bridgehead atoms. The van der Waals surface area contributed by atoms with Crippen LogP contribution in [0.15, 0.2) is 29.2 Å². The Hall–Kier alpha value is -0.780. The average molecular weight is 300 g/mol. The number of thioether (sulfide) groups is 1. The molecule has 0 saturated heterocycles. The van der Waals surface area contributed by atoms with Crippen LogP contribution in [0.3, 0.4) is 0 Å². The van der Waals surface area contributed by atoms with Crippen molar-refractivity contribution in [3.05, 3.63) is 34.3 Å². The van der Waals surface area contributed by atoms with Crippen molar-refractivity contribution in [2.45, 2.75) is 24.0 Å². The van der Waals surface area contributed by atoms with Crippen molar-refractivity contribution in [2.75, 3.05) is 11.9 Å². The van der Waals surface area contributed by atoms with Crippen molar-refractivity contribution < 1.29 is 0 Å². The van der Waals surface area contributed by atoms with E-state index in [0.29, 0.717) is 0 Å². The van der Waals surface area contributed by atoms with Crippen LogP contribution in [-0.2, 0) is 5.75 Å². The van der Waals surface area contributed by atoms with E-state index in [1.54, 1.807) is 23.1 Å². The fourth-order valence-corrected chi connectivity index (χ4v) is 3.07. The highest BCUT2D eigenvalue weighted by Crippen LogP contribution is 2.26. The van der Waals surface area contributed by atoms with Crippen LogP contribution in [0.25, 0.3) is 0 Å². The summed E-state index contributed by atoms with van der Waals surface area (Å²) in [4.78, 5) is 1.19. The molecule has 0 unspecified atom stereocenters. The minimum Gasteiger partial charge on any atom is -0.360 e. The SMILES string of the molecule is CCCNc1nnc(CSc2ccc(Cl)cc2)s1. The van der Waals surface area contributed by atoms with Crippen LogP contribution in [0.1, 0.15) is 18.4 Å². The van der Waals surface area contributed by atoms with E-state index in [4.69, 9.17) is 11.6 Å². The summed E-state index contributed by atoms with van der Waals surface area (Å²) >= 11 is 9.20. The lowest BCUT2D eigenvalue weighted by molar-refractivity contribution is 0.958. The van der Waals surface area contributed by atoms with Gasteiger partial charge in [0.2, 0.25) is 5.13 Å². The average Bonchev–Trinajstić information content (AvgIpc) is 2.84. The Bertz CT molecular complexity index is 484. The third-order valence-electron chi connectivity index (χ3n) is 2.17. The van der Waals surface area contributed by atoms with E-state index in [2.05, 4.69) is 22.4 Å². The first-order valence-electron chi connectivity index (χ1n) is 5.72. The van der Waals surface area contributed by atoms with E-state index in [9.17, 15) is 0 Å². The van der Waals surface area contributed by atoms with Crippen molar-refractivity contribution in [3.8, 4) is 0 Å². The molecule has 1 aromatic carbocycles. The van der Waals surface area contributed by atoms with Crippen LogP contribution in [0, 0.1) is 0 Å². The lowest BCUT2D eigenvalue weighted by Gasteiger charge is -1.98. The van der Waals surface area contributed by atoms with Crippen LogP contribution in [0.4, 0.5) is 5.13 Å². The number of benzene rings is 1. The third-order valence-corrected chi connectivity index (χ3v) is 4.51. The molecular formula is C12H14ClN3S2. The lowest BCUT2D eigenvalue weighted by Crippen LogP contribution is -1.98. The Kier molecular flexibility index (Phi) is 5.28. The van der Waals surface area contributed by atoms with Crippen LogP contribution in [-0.4, -0.2) is 16.7 Å². The molecule has 0 spiro atoms. The summed E-state index contributed by atoms with van der Waals surface area (Å²) in [7, 11) is 0. The summed E-state index contributed by atoms with van der Waals surface area (Å²) in [5, 5.41) is 14.2. The van der Waals surface area contributed by atoms with Gasteiger partial charge in [-0.3, -0.25) is 0 Å². The number of nitrogens with one attached hydrogen (secondary N) is 1. The minimum absolute atomic E-state index is 0.765. The van der Waals surface area contributed by atoms with Gasteiger partial charge < -0.3 is 5.32 Å². The maximum atomic E-state index is 5.84. The van der Waals surface area contributed by atoms with Gasteiger partial charge >= 0.3 is 0 Å². The smallest absolute Gasteiger partial charge is 0.205 e. The zero-order chi connectivity index (χ0) is 12.8. The Labute approximate surface area is 120 Å². The second-order valence-electron chi connectivity index (χ2n) is 3.67. The van der Waals surface area contributed by atoms with Gasteiger partial charge in [0.05, 0.1) is 5.75 Å². The maximum absolute atomic E-state index is 5.84. The molecule has 6 heteroatoms. The maximum Gasteiger partial charge on any atom is 0.205 e. The zero-order valence-electron chi connectivity index (χ0n) is 10.0. The molecule has 0 aliphatic heterocycles. The van der Waals surface area contributed by atoms with Gasteiger partial charge in [0, 0.05) is 16.5 Å². The number of rotatable bonds is 6. The van der Waals surface area contributed by atoms with E-state index in [0.717, 1.165) is 33.9 Å². The number of hydrogen-bond donors (Lipinski definition) is 1. The Morgan fingerprint density at radius 3 is 2.78 bits per heavy atom. The molecule has 2 aromatic rings. The van der Waals surface area contributed by atoms with Crippen molar-refractivity contribution in [3.63, 3.8) is 0 Å². The highest BCUT2D eigenvalue weighted by atomic mass is 35.5. The van der Waals surface area contributed by atoms with Gasteiger partial charge in [0.1, 0.15) is 5.01 Å². The van der Waals surface area contributed by atoms with Crippen molar-refractivity contribution in [1.29, 1.82) is 0 Å². The monoisotopic (exact) mass is 299 g/mol. The van der Waals surface area contributed by atoms with Crippen LogP contribution < -0.4 is 5.32 Å². The van der Waals surface area contributed by atoms with Crippen molar-refractivity contribution in [2.24, 2.45) is 0 Å². The first-order valence-corrected chi connectivity index (χ1v) is 7.90. The highest BCUT2D eigenvalue weighted by molar-refractivity contribution is 7.98. The van der Waals surface area contributed by atoms with E-state index in [-0.39, 0.29) is 0 Å². The molecule has 96 valence electrons. The van der Waals surface area contributed by atoms with Gasteiger partial charge in [-0.25, -0.2) is 0 Å². The van der Waals surface area contributed by atoms with E-state index < -0.39 is 0 Å². The van der Waals surface area contributed by atoms with E-state index in [1.165, 1.54) is 4.90 Å². The van der Waals surface area contributed by atoms with Gasteiger partial charge in [-0.05, 0) is 30.7 Å². The third kappa shape index (κ3) is 4.15. The fraction of sp³-hybridized carbons (Fsp3) is 0.333. The summed E-state index contributed by atoms with van der Waals surface area (Å²) < 4.78 is 0. The molecule has 1 N–H and O–H groups in total. The van der Waals surface area contributed by atoms with Crippen LogP contribution >= 0.6 is 34.7 Å². The van der Waals surface area contributed by atoms with Gasteiger partial charge in [-0.2, -0.15) is 0 Å². The molecule has 1 heterocycles.